The summed E-state index contributed by atoms with van der Waals surface area (Å²) >= 11 is 0. The highest BCUT2D eigenvalue weighted by molar-refractivity contribution is 6.74. The van der Waals surface area contributed by atoms with Crippen LogP contribution in [0.15, 0.2) is 83.3 Å². The van der Waals surface area contributed by atoms with Gasteiger partial charge in [0, 0.05) is 38.6 Å². The normalized spacial score (nSPS) is 12.0. The fraction of sp³-hybridized carbons (Fsp3) is 0. The summed E-state index contributed by atoms with van der Waals surface area (Å²) in [5, 5.41) is 2.99. The fourth-order valence-electron chi connectivity index (χ4n) is 9.47. The van der Waals surface area contributed by atoms with Gasteiger partial charge in [-0.05, 0) is 38.7 Å². The molecule has 3 heterocycles. The van der Waals surface area contributed by atoms with Crippen molar-refractivity contribution in [1.29, 1.82) is 0 Å². The van der Waals surface area contributed by atoms with Crippen LogP contribution >= 0.6 is 0 Å². The summed E-state index contributed by atoms with van der Waals surface area (Å²) in [6.07, 6.45) is 0. The molecule has 8 aromatic carbocycles. The van der Waals surface area contributed by atoms with E-state index < -0.39 is 0 Å². The first-order chi connectivity index (χ1) is 30.6. The summed E-state index contributed by atoms with van der Waals surface area (Å²) in [6.45, 7) is 0. The van der Waals surface area contributed by atoms with Crippen molar-refractivity contribution in [3.8, 4) is 39.5 Å². The van der Waals surface area contributed by atoms with Crippen LogP contribution in [0.1, 0.15) is 0 Å². The quantitative estimate of drug-likeness (QED) is 0.134. The Morgan fingerprint density at radius 2 is 0.844 bits per heavy atom. The maximum absolute atomic E-state index is 7.42. The second-order valence-corrected chi connectivity index (χ2v) is 15.9. The van der Waals surface area contributed by atoms with Crippen LogP contribution in [-0.4, -0.2) is 124 Å². The van der Waals surface area contributed by atoms with Crippen LogP contribution in [0.4, 0.5) is 0 Å². The minimum Gasteiger partial charge on any atom is -0.452 e. The summed E-state index contributed by atoms with van der Waals surface area (Å²) in [6, 6.07) is 24.9. The van der Waals surface area contributed by atoms with Gasteiger partial charge in [0.25, 0.3) is 0 Å². The largest absolute Gasteiger partial charge is 0.452 e. The van der Waals surface area contributed by atoms with Crippen molar-refractivity contribution in [1.82, 2.24) is 14.5 Å². The lowest BCUT2D eigenvalue weighted by molar-refractivity contribution is 0.667. The number of benzene rings is 8. The van der Waals surface area contributed by atoms with E-state index in [4.69, 9.17) is 124 Å². The van der Waals surface area contributed by atoms with Gasteiger partial charge in [-0.3, -0.25) is 0 Å². The maximum Gasteiger partial charge on any atom is 0.180 e. The predicted octanol–water partition coefficient (Wildman–Crippen LogP) is -4.67. The molecule has 0 N–H and O–H groups in total. The Morgan fingerprint density at radius 1 is 0.375 bits per heavy atom. The lowest BCUT2D eigenvalue weighted by atomic mass is 9.61. The van der Waals surface area contributed by atoms with E-state index in [1.165, 1.54) is 0 Å². The summed E-state index contributed by atoms with van der Waals surface area (Å²) in [5.74, 6) is 0.466. The van der Waals surface area contributed by atoms with Crippen molar-refractivity contribution < 1.29 is 4.42 Å². The molecule has 64 heavy (non-hydrogen) atoms. The molecule has 11 rings (SSSR count). The number of aromatic nitrogens is 3. The molecule has 0 fully saturated rings. The second-order valence-electron chi connectivity index (χ2n) is 15.9. The number of hydrogen-bond donors (Lipinski definition) is 0. The zero-order chi connectivity index (χ0) is 44.9. The van der Waals surface area contributed by atoms with Gasteiger partial charge in [-0.2, -0.15) is 0 Å². The molecule has 0 saturated heterocycles. The molecule has 0 amide bonds. The molecule has 0 unspecified atom stereocenters. The molecule has 0 atom stereocenters. The van der Waals surface area contributed by atoms with Gasteiger partial charge >= 0.3 is 0 Å². The van der Waals surface area contributed by atoms with Crippen LogP contribution in [0, 0.1) is 0 Å². The van der Waals surface area contributed by atoms with Crippen molar-refractivity contribution in [2.24, 2.45) is 0 Å². The van der Waals surface area contributed by atoms with Crippen LogP contribution in [-0.2, 0) is 0 Å². The number of rotatable bonds is 4. The average Bonchev–Trinajstić information content (AvgIpc) is 3.87. The molecule has 0 saturated carbocycles. The van der Waals surface area contributed by atoms with Gasteiger partial charge in [-0.1, -0.05) is 116 Å². The van der Waals surface area contributed by atoms with E-state index in [-0.39, 0.29) is 93.2 Å². The molecular formula is C46H13B14N3O. The Kier molecular flexibility index (Phi) is 9.14. The molecule has 11 aromatic rings. The molecule has 0 spiro atoms. The van der Waals surface area contributed by atoms with Crippen LogP contribution in [0.2, 0.25) is 0 Å². The second kappa shape index (κ2) is 14.3. The fourth-order valence-corrected chi connectivity index (χ4v) is 9.47. The number of fused-ring (bicyclic) bond motifs is 6. The number of hydrogen-bond acceptors (Lipinski definition) is 3. The topological polar surface area (TPSA) is 43.9 Å². The highest BCUT2D eigenvalue weighted by Crippen LogP contribution is 2.46. The van der Waals surface area contributed by atoms with E-state index >= 15 is 0 Å². The third-order valence-electron chi connectivity index (χ3n) is 12.6. The Hall–Kier alpha value is -5.87. The van der Waals surface area contributed by atoms with E-state index in [0.717, 1.165) is 11.1 Å². The molecule has 0 aliphatic rings. The maximum atomic E-state index is 7.42. The Morgan fingerprint density at radius 3 is 1.44 bits per heavy atom. The summed E-state index contributed by atoms with van der Waals surface area (Å²) in [4.78, 5) is 10.2. The monoisotopic (exact) mass is 777 g/mol. The van der Waals surface area contributed by atoms with E-state index in [0.29, 0.717) is 77.0 Å². The summed E-state index contributed by atoms with van der Waals surface area (Å²) in [5.41, 5.74) is 5.69. The van der Waals surface area contributed by atoms with Crippen molar-refractivity contribution in [2.45, 2.75) is 0 Å². The lowest BCUT2D eigenvalue weighted by Gasteiger charge is -2.25. The van der Waals surface area contributed by atoms with Gasteiger partial charge < -0.3 is 8.98 Å². The number of nitrogens with zero attached hydrogens (tertiary/aromatic N) is 3. The third-order valence-corrected chi connectivity index (χ3v) is 12.6. The highest BCUT2D eigenvalue weighted by Gasteiger charge is 2.31. The first kappa shape index (κ1) is 40.9. The molecule has 18 heteroatoms. The molecule has 0 aliphatic heterocycles. The molecular weight excluding hydrogens is 762 g/mol. The van der Waals surface area contributed by atoms with Crippen LogP contribution in [0.3, 0.4) is 0 Å². The summed E-state index contributed by atoms with van der Waals surface area (Å²) in [7, 11) is 95.8. The third kappa shape index (κ3) is 5.26. The lowest BCUT2D eigenvalue weighted by Crippen LogP contribution is -2.56. The molecule has 0 bridgehead atoms. The molecule has 0 aliphatic carbocycles. The zero-order valence-electron chi connectivity index (χ0n) is 33.8. The minimum atomic E-state index is -0.0280. The van der Waals surface area contributed by atoms with Crippen molar-refractivity contribution >= 4 is 252 Å². The van der Waals surface area contributed by atoms with Gasteiger partial charge in [0.05, 0.1) is 5.39 Å². The van der Waals surface area contributed by atoms with Gasteiger partial charge in [0.2, 0.25) is 0 Å². The standard InChI is InChI=1S/C46H13B14N3O/c47-26-19(16-12-7-13-17-18(16)41-45(64-17)40(14-8-3-1-4-9-14)61-46(62-41)15-10-5-2-6-11-15)20-21-22(28(49)31(52)30(51)27(21)48)23-25-24(20)42(36(26)57)63(43(25)37(58)32(53)29(23)50)44-38(59)34(55)33(54)35(56)39(44)60/h1-13H. The van der Waals surface area contributed by atoms with E-state index in [2.05, 4.69) is 0 Å². The van der Waals surface area contributed by atoms with Crippen LogP contribution in [0.25, 0.3) is 105 Å². The summed E-state index contributed by atoms with van der Waals surface area (Å²) < 4.78 is 8.35. The van der Waals surface area contributed by atoms with E-state index in [9.17, 15) is 0 Å². The molecule has 260 valence electrons. The van der Waals surface area contributed by atoms with Gasteiger partial charge in [0.1, 0.15) is 127 Å². The molecule has 3 aromatic heterocycles. The van der Waals surface area contributed by atoms with Crippen molar-refractivity contribution in [3.05, 3.63) is 78.9 Å². The minimum absolute atomic E-state index is 0.00683. The first-order valence-corrected chi connectivity index (χ1v) is 19.8. The predicted molar refractivity (Wildman–Crippen MR) is 282 cm³/mol. The Balaban J connectivity index is 1.43. The van der Waals surface area contributed by atoms with Crippen LogP contribution in [0.5, 0.6) is 0 Å². The van der Waals surface area contributed by atoms with E-state index in [1.807, 2.05) is 78.9 Å². The molecule has 4 nitrogen and oxygen atoms in total. The zero-order valence-corrected chi connectivity index (χ0v) is 33.8. The Labute approximate surface area is 387 Å². The van der Waals surface area contributed by atoms with Crippen molar-refractivity contribution in [2.75, 3.05) is 0 Å². The first-order valence-electron chi connectivity index (χ1n) is 19.8. The average molecular weight is 775 g/mol. The van der Waals surface area contributed by atoms with Gasteiger partial charge in [-0.15, -0.1) is 32.8 Å². The van der Waals surface area contributed by atoms with Crippen LogP contribution < -0.4 is 76.5 Å². The number of furan rings is 1. The van der Waals surface area contributed by atoms with Gasteiger partial charge in [0.15, 0.2) is 11.4 Å². The highest BCUT2D eigenvalue weighted by atomic mass is 16.3. The molecule has 28 radical (unpaired) electrons. The van der Waals surface area contributed by atoms with Gasteiger partial charge in [-0.25, -0.2) is 9.97 Å². The smallest absolute Gasteiger partial charge is 0.180 e. The van der Waals surface area contributed by atoms with E-state index in [1.54, 1.807) is 4.57 Å². The van der Waals surface area contributed by atoms with Crippen molar-refractivity contribution in [3.63, 3.8) is 0 Å². The Bertz CT molecular complexity index is 3860. The SMILES string of the molecule is [B]c1c([B])c([B])c(-n2c3c([B])c([B])c([B])c4c5c([B])c([B])c([B])c([B])c5c5c(-c6cccc7oc8c(-c9ccccc9)nc(-c9ccccc9)nc8c67)c([B])c([B])c2c5c43)c([B])c1[B].